The molecule has 0 aliphatic rings. The van der Waals surface area contributed by atoms with Gasteiger partial charge in [0.05, 0.1) is 10.7 Å². The van der Waals surface area contributed by atoms with Crippen LogP contribution in [-0.2, 0) is 7.05 Å². The van der Waals surface area contributed by atoms with E-state index in [9.17, 15) is 0 Å². The summed E-state index contributed by atoms with van der Waals surface area (Å²) in [6.45, 7) is 4.20. The molecule has 1 N–H and O–H groups in total. The molecular formula is C9H17N3S. The number of aromatic nitrogens is 2. The maximum absolute atomic E-state index is 4.29. The van der Waals surface area contributed by atoms with E-state index in [1.165, 1.54) is 5.03 Å². The van der Waals surface area contributed by atoms with E-state index >= 15 is 0 Å². The third-order valence-corrected chi connectivity index (χ3v) is 3.28. The van der Waals surface area contributed by atoms with E-state index in [2.05, 4.69) is 23.4 Å². The van der Waals surface area contributed by atoms with Crippen molar-refractivity contribution in [1.82, 2.24) is 15.1 Å². The van der Waals surface area contributed by atoms with Gasteiger partial charge in [-0.15, -0.1) is 11.8 Å². The summed E-state index contributed by atoms with van der Waals surface area (Å²) in [5, 5.41) is 8.74. The summed E-state index contributed by atoms with van der Waals surface area (Å²) in [4.78, 5) is 0. The van der Waals surface area contributed by atoms with Gasteiger partial charge >= 0.3 is 0 Å². The maximum atomic E-state index is 4.29. The third kappa shape index (κ3) is 3.04. The number of thioether (sulfide) groups is 1. The molecule has 4 heteroatoms. The lowest BCUT2D eigenvalue weighted by atomic mass is 10.4. The molecule has 1 heterocycles. The molecule has 74 valence electrons. The average Bonchev–Trinajstić information content (AvgIpc) is 2.41. The molecular weight excluding hydrogens is 182 g/mol. The summed E-state index contributed by atoms with van der Waals surface area (Å²) >= 11 is 1.84. The monoisotopic (exact) mass is 199 g/mol. The van der Waals surface area contributed by atoms with Gasteiger partial charge in [0.1, 0.15) is 0 Å². The summed E-state index contributed by atoms with van der Waals surface area (Å²) in [6, 6.07) is 2.66. The summed E-state index contributed by atoms with van der Waals surface area (Å²) in [5.74, 6) is 1.08. The Morgan fingerprint density at radius 3 is 2.85 bits per heavy atom. The van der Waals surface area contributed by atoms with Crippen LogP contribution in [0.2, 0.25) is 0 Å². The zero-order valence-corrected chi connectivity index (χ0v) is 9.48. The first-order valence-corrected chi connectivity index (χ1v) is 5.42. The van der Waals surface area contributed by atoms with Crippen molar-refractivity contribution >= 4 is 11.8 Å². The van der Waals surface area contributed by atoms with Gasteiger partial charge in [-0.1, -0.05) is 0 Å². The first-order valence-electron chi connectivity index (χ1n) is 4.44. The van der Waals surface area contributed by atoms with Crippen LogP contribution in [0.1, 0.15) is 12.6 Å². The van der Waals surface area contributed by atoms with Crippen molar-refractivity contribution in [2.75, 3.05) is 12.8 Å². The van der Waals surface area contributed by atoms with Crippen molar-refractivity contribution < 1.29 is 0 Å². The molecule has 0 spiro atoms. The highest BCUT2D eigenvalue weighted by atomic mass is 32.2. The van der Waals surface area contributed by atoms with Crippen LogP contribution in [0, 0.1) is 6.92 Å². The summed E-state index contributed by atoms with van der Waals surface area (Å²) in [6.07, 6.45) is 0. The largest absolute Gasteiger partial charge is 0.316 e. The van der Waals surface area contributed by atoms with Crippen LogP contribution in [-0.4, -0.2) is 28.6 Å². The zero-order chi connectivity index (χ0) is 9.84. The minimum Gasteiger partial charge on any atom is -0.316 e. The molecule has 1 unspecified atom stereocenters. The molecule has 3 nitrogen and oxygen atoms in total. The molecule has 1 rings (SSSR count). The van der Waals surface area contributed by atoms with E-state index in [0.29, 0.717) is 6.04 Å². The van der Waals surface area contributed by atoms with Crippen LogP contribution >= 0.6 is 11.8 Å². The number of rotatable bonds is 4. The van der Waals surface area contributed by atoms with Gasteiger partial charge in [0, 0.05) is 18.8 Å². The minimum absolute atomic E-state index is 0.542. The van der Waals surface area contributed by atoms with E-state index < -0.39 is 0 Å². The SMILES string of the molecule is CNC(C)CSc1cc(C)nn1C. The van der Waals surface area contributed by atoms with Crippen LogP contribution in [0.5, 0.6) is 0 Å². The first-order chi connectivity index (χ1) is 6.13. The Hall–Kier alpha value is -0.480. The van der Waals surface area contributed by atoms with Crippen molar-refractivity contribution in [2.24, 2.45) is 7.05 Å². The topological polar surface area (TPSA) is 29.9 Å². The molecule has 0 aliphatic carbocycles. The van der Waals surface area contributed by atoms with Crippen LogP contribution in [0.3, 0.4) is 0 Å². The van der Waals surface area contributed by atoms with Crippen molar-refractivity contribution in [3.05, 3.63) is 11.8 Å². The Morgan fingerprint density at radius 2 is 2.38 bits per heavy atom. The number of nitrogens with zero attached hydrogens (tertiary/aromatic N) is 2. The van der Waals surface area contributed by atoms with E-state index in [-0.39, 0.29) is 0 Å². The summed E-state index contributed by atoms with van der Waals surface area (Å²) in [5.41, 5.74) is 1.09. The highest BCUT2D eigenvalue weighted by Crippen LogP contribution is 2.18. The normalized spacial score (nSPS) is 13.2. The fraction of sp³-hybridized carbons (Fsp3) is 0.667. The van der Waals surface area contributed by atoms with Gasteiger partial charge in [-0.25, -0.2) is 0 Å². The standard InChI is InChI=1S/C9H17N3S/c1-7-5-9(12(4)11-7)13-6-8(2)10-3/h5,8,10H,6H2,1-4H3. The van der Waals surface area contributed by atoms with Gasteiger partial charge in [0.2, 0.25) is 0 Å². The molecule has 0 amide bonds. The molecule has 0 bridgehead atoms. The Labute approximate surface area is 83.9 Å². The van der Waals surface area contributed by atoms with Crippen LogP contribution in [0.4, 0.5) is 0 Å². The molecule has 0 radical (unpaired) electrons. The van der Waals surface area contributed by atoms with E-state index in [4.69, 9.17) is 0 Å². The molecule has 0 saturated carbocycles. The highest BCUT2D eigenvalue weighted by Gasteiger charge is 2.04. The second-order valence-corrected chi connectivity index (χ2v) is 4.29. The third-order valence-electron chi connectivity index (χ3n) is 1.93. The Balaban J connectivity index is 2.49. The minimum atomic E-state index is 0.542. The molecule has 1 aromatic rings. The van der Waals surface area contributed by atoms with E-state index in [0.717, 1.165) is 11.4 Å². The van der Waals surface area contributed by atoms with Crippen LogP contribution < -0.4 is 5.32 Å². The predicted molar refractivity (Wildman–Crippen MR) is 57.2 cm³/mol. The van der Waals surface area contributed by atoms with Crippen LogP contribution in [0.25, 0.3) is 0 Å². The molecule has 0 aliphatic heterocycles. The molecule has 13 heavy (non-hydrogen) atoms. The van der Waals surface area contributed by atoms with Crippen molar-refractivity contribution in [2.45, 2.75) is 24.9 Å². The number of aryl methyl sites for hydroxylation is 2. The summed E-state index contributed by atoms with van der Waals surface area (Å²) < 4.78 is 1.93. The quantitative estimate of drug-likeness (QED) is 0.744. The van der Waals surface area contributed by atoms with Crippen molar-refractivity contribution in [1.29, 1.82) is 0 Å². The molecule has 1 atom stereocenters. The molecule has 0 saturated heterocycles. The zero-order valence-electron chi connectivity index (χ0n) is 8.66. The number of hydrogen-bond donors (Lipinski definition) is 1. The highest BCUT2D eigenvalue weighted by molar-refractivity contribution is 7.99. The van der Waals surface area contributed by atoms with Gasteiger partial charge < -0.3 is 5.32 Å². The lowest BCUT2D eigenvalue weighted by molar-refractivity contribution is 0.669. The number of hydrogen-bond acceptors (Lipinski definition) is 3. The van der Waals surface area contributed by atoms with Gasteiger partial charge in [-0.3, -0.25) is 4.68 Å². The van der Waals surface area contributed by atoms with Gasteiger partial charge in [0.15, 0.2) is 0 Å². The van der Waals surface area contributed by atoms with Gasteiger partial charge in [-0.2, -0.15) is 5.10 Å². The Kier molecular flexibility index (Phi) is 3.81. The molecule has 0 aromatic carbocycles. The summed E-state index contributed by atoms with van der Waals surface area (Å²) in [7, 11) is 3.97. The lowest BCUT2D eigenvalue weighted by Gasteiger charge is -2.08. The fourth-order valence-electron chi connectivity index (χ4n) is 1.02. The van der Waals surface area contributed by atoms with Crippen molar-refractivity contribution in [3.63, 3.8) is 0 Å². The molecule has 0 fully saturated rings. The smallest absolute Gasteiger partial charge is 0.0939 e. The number of nitrogens with one attached hydrogen (secondary N) is 1. The average molecular weight is 199 g/mol. The lowest BCUT2D eigenvalue weighted by Crippen LogP contribution is -2.23. The fourth-order valence-corrected chi connectivity index (χ4v) is 2.08. The second-order valence-electron chi connectivity index (χ2n) is 3.25. The van der Waals surface area contributed by atoms with Crippen LogP contribution in [0.15, 0.2) is 11.1 Å². The van der Waals surface area contributed by atoms with Gasteiger partial charge in [-0.05, 0) is 27.0 Å². The predicted octanol–water partition coefficient (Wildman–Crippen LogP) is 1.43. The Bertz CT molecular complexity index is 270. The second kappa shape index (κ2) is 4.67. The maximum Gasteiger partial charge on any atom is 0.0939 e. The molecule has 1 aromatic heterocycles. The van der Waals surface area contributed by atoms with E-state index in [1.807, 2.05) is 37.5 Å². The first kappa shape index (κ1) is 10.6. The van der Waals surface area contributed by atoms with Crippen molar-refractivity contribution in [3.8, 4) is 0 Å². The van der Waals surface area contributed by atoms with E-state index in [1.54, 1.807) is 0 Å². The van der Waals surface area contributed by atoms with Gasteiger partial charge in [0.25, 0.3) is 0 Å². The Morgan fingerprint density at radius 1 is 1.69 bits per heavy atom.